The number of hydrogen-bond acceptors (Lipinski definition) is 4. The lowest BCUT2D eigenvalue weighted by Gasteiger charge is -2.09. The Balaban J connectivity index is 1.81. The van der Waals surface area contributed by atoms with Crippen molar-refractivity contribution in [2.45, 2.75) is 26.8 Å². The fourth-order valence-corrected chi connectivity index (χ4v) is 2.34. The Labute approximate surface area is 131 Å². The van der Waals surface area contributed by atoms with Crippen LogP contribution >= 0.6 is 0 Å². The van der Waals surface area contributed by atoms with Gasteiger partial charge in [0.15, 0.2) is 11.5 Å². The topological polar surface area (TPSA) is 65.4 Å². The number of halogens is 2. The van der Waals surface area contributed by atoms with Crippen LogP contribution in [0.15, 0.2) is 18.3 Å². The number of aryl methyl sites for hydroxylation is 2. The van der Waals surface area contributed by atoms with Crippen LogP contribution in [0.1, 0.15) is 21.6 Å². The number of carbonyl (C=O) groups is 1. The van der Waals surface area contributed by atoms with Crippen LogP contribution in [0.4, 0.5) is 14.5 Å². The van der Waals surface area contributed by atoms with Crippen LogP contribution in [0.2, 0.25) is 0 Å². The highest BCUT2D eigenvalue weighted by atomic mass is 19.3. The van der Waals surface area contributed by atoms with E-state index in [-0.39, 0.29) is 12.4 Å². The summed E-state index contributed by atoms with van der Waals surface area (Å²) in [7, 11) is 0. The molecular formula is C15H15F2N3O3. The summed E-state index contributed by atoms with van der Waals surface area (Å²) in [4.78, 5) is 12.4. The van der Waals surface area contributed by atoms with Crippen molar-refractivity contribution in [2.24, 2.45) is 0 Å². The van der Waals surface area contributed by atoms with E-state index in [2.05, 4.69) is 10.4 Å². The number of rotatable bonds is 4. The fraction of sp³-hybridized carbons (Fsp3) is 0.333. The van der Waals surface area contributed by atoms with Gasteiger partial charge >= 0.3 is 0 Å². The van der Waals surface area contributed by atoms with Gasteiger partial charge in [-0.3, -0.25) is 9.48 Å². The second kappa shape index (κ2) is 5.86. The van der Waals surface area contributed by atoms with Gasteiger partial charge in [-0.1, -0.05) is 0 Å². The molecule has 0 radical (unpaired) electrons. The van der Waals surface area contributed by atoms with E-state index >= 15 is 0 Å². The smallest absolute Gasteiger partial charge is 0.259 e. The molecule has 1 N–H and O–H groups in total. The number of fused-ring (bicyclic) bond motifs is 1. The normalized spacial score (nSPS) is 12.7. The molecule has 0 bridgehead atoms. The first-order valence-electron chi connectivity index (χ1n) is 6.98. The molecule has 8 heteroatoms. The predicted octanol–water partition coefficient (Wildman–Crippen LogP) is 2.75. The van der Waals surface area contributed by atoms with Crippen molar-refractivity contribution in [3.63, 3.8) is 0 Å². The van der Waals surface area contributed by atoms with Crippen LogP contribution in [0, 0.1) is 13.8 Å². The Kier molecular flexibility index (Phi) is 3.89. The van der Waals surface area contributed by atoms with Crippen LogP contribution in [-0.4, -0.2) is 28.9 Å². The number of anilines is 1. The summed E-state index contributed by atoms with van der Waals surface area (Å²) in [6, 6.07) is 3.44. The van der Waals surface area contributed by atoms with E-state index in [4.69, 9.17) is 9.47 Å². The summed E-state index contributed by atoms with van der Waals surface area (Å²) >= 11 is 0. The molecule has 6 nitrogen and oxygen atoms in total. The number of benzene rings is 1. The maximum Gasteiger partial charge on any atom is 0.259 e. The second-order valence-corrected chi connectivity index (χ2v) is 5.22. The molecule has 0 atom stereocenters. The molecule has 2 aromatic rings. The monoisotopic (exact) mass is 323 g/mol. The third-order valence-corrected chi connectivity index (χ3v) is 3.48. The molecule has 3 rings (SSSR count). The van der Waals surface area contributed by atoms with Gasteiger partial charge in [0.1, 0.15) is 6.54 Å². The number of nitrogens with zero attached hydrogens (tertiary/aromatic N) is 2. The number of amides is 1. The van der Waals surface area contributed by atoms with Gasteiger partial charge in [0.2, 0.25) is 6.79 Å². The van der Waals surface area contributed by atoms with Crippen LogP contribution < -0.4 is 14.8 Å². The largest absolute Gasteiger partial charge is 0.454 e. The molecular weight excluding hydrogens is 308 g/mol. The highest BCUT2D eigenvalue weighted by Gasteiger charge is 2.19. The molecule has 1 aliphatic heterocycles. The van der Waals surface area contributed by atoms with Crippen molar-refractivity contribution in [1.29, 1.82) is 0 Å². The number of nitrogens with one attached hydrogen (secondary N) is 1. The number of carbonyl (C=O) groups excluding carboxylic acids is 1. The Morgan fingerprint density at radius 2 is 2.04 bits per heavy atom. The van der Waals surface area contributed by atoms with E-state index in [0.717, 1.165) is 10.2 Å². The molecule has 0 aliphatic carbocycles. The van der Waals surface area contributed by atoms with Gasteiger partial charge in [0, 0.05) is 18.0 Å². The summed E-state index contributed by atoms with van der Waals surface area (Å²) in [6.07, 6.45) is -1.21. The van der Waals surface area contributed by atoms with E-state index in [1.54, 1.807) is 19.1 Å². The van der Waals surface area contributed by atoms with Gasteiger partial charge in [0.05, 0.1) is 11.3 Å². The zero-order valence-corrected chi connectivity index (χ0v) is 12.6. The first kappa shape index (κ1) is 15.3. The average molecular weight is 323 g/mol. The molecule has 0 unspecified atom stereocenters. The van der Waals surface area contributed by atoms with E-state index in [0.29, 0.717) is 22.9 Å². The maximum absolute atomic E-state index is 12.4. The third-order valence-electron chi connectivity index (χ3n) is 3.48. The first-order chi connectivity index (χ1) is 10.9. The van der Waals surface area contributed by atoms with Crippen molar-refractivity contribution in [2.75, 3.05) is 12.1 Å². The van der Waals surface area contributed by atoms with Crippen molar-refractivity contribution < 1.29 is 23.0 Å². The first-order valence-corrected chi connectivity index (χ1v) is 6.98. The highest BCUT2D eigenvalue weighted by molar-refractivity contribution is 6.05. The molecule has 0 fully saturated rings. The second-order valence-electron chi connectivity index (χ2n) is 5.22. The molecule has 1 aromatic heterocycles. The molecule has 2 heterocycles. The third kappa shape index (κ3) is 3.10. The molecule has 23 heavy (non-hydrogen) atoms. The summed E-state index contributed by atoms with van der Waals surface area (Å²) in [5.74, 6) is 0.766. The zero-order chi connectivity index (χ0) is 16.6. The van der Waals surface area contributed by atoms with Gasteiger partial charge in [-0.15, -0.1) is 0 Å². The Morgan fingerprint density at radius 3 is 2.74 bits per heavy atom. The Hall–Kier alpha value is -2.64. The molecule has 122 valence electrons. The van der Waals surface area contributed by atoms with Gasteiger partial charge in [0.25, 0.3) is 12.3 Å². The molecule has 1 aromatic carbocycles. The summed E-state index contributed by atoms with van der Waals surface area (Å²) in [6.45, 7) is 3.02. The van der Waals surface area contributed by atoms with Gasteiger partial charge in [-0.2, -0.15) is 5.10 Å². The van der Waals surface area contributed by atoms with E-state index < -0.39 is 18.9 Å². The maximum atomic E-state index is 12.4. The quantitative estimate of drug-likeness (QED) is 0.939. The van der Waals surface area contributed by atoms with Gasteiger partial charge < -0.3 is 14.8 Å². The average Bonchev–Trinajstić information content (AvgIpc) is 3.04. The SMILES string of the molecule is Cc1cc2c(cc1NC(=O)c1cn(CC(F)F)nc1C)OCO2. The van der Waals surface area contributed by atoms with Crippen molar-refractivity contribution in [3.05, 3.63) is 35.2 Å². The summed E-state index contributed by atoms with van der Waals surface area (Å²) in [5, 5.41) is 6.67. The van der Waals surface area contributed by atoms with E-state index in [9.17, 15) is 13.6 Å². The Morgan fingerprint density at radius 1 is 1.35 bits per heavy atom. The van der Waals surface area contributed by atoms with Crippen molar-refractivity contribution in [1.82, 2.24) is 9.78 Å². The fourth-order valence-electron chi connectivity index (χ4n) is 2.34. The predicted molar refractivity (Wildman–Crippen MR) is 78.2 cm³/mol. The minimum Gasteiger partial charge on any atom is -0.454 e. The van der Waals surface area contributed by atoms with Crippen molar-refractivity contribution in [3.8, 4) is 11.5 Å². The lowest BCUT2D eigenvalue weighted by atomic mass is 10.1. The van der Waals surface area contributed by atoms with Crippen molar-refractivity contribution >= 4 is 11.6 Å². The Bertz CT molecular complexity index is 759. The molecule has 1 aliphatic rings. The summed E-state index contributed by atoms with van der Waals surface area (Å²) in [5.41, 5.74) is 2.02. The zero-order valence-electron chi connectivity index (χ0n) is 12.6. The highest BCUT2D eigenvalue weighted by Crippen LogP contribution is 2.36. The minimum atomic E-state index is -2.53. The van der Waals surface area contributed by atoms with Gasteiger partial charge in [-0.25, -0.2) is 8.78 Å². The van der Waals surface area contributed by atoms with Crippen LogP contribution in [0.25, 0.3) is 0 Å². The number of alkyl halides is 2. The number of hydrogen-bond donors (Lipinski definition) is 1. The van der Waals surface area contributed by atoms with E-state index in [1.807, 2.05) is 6.92 Å². The van der Waals surface area contributed by atoms with Crippen LogP contribution in [0.5, 0.6) is 11.5 Å². The molecule has 0 saturated heterocycles. The number of aromatic nitrogens is 2. The molecule has 0 spiro atoms. The standard InChI is InChI=1S/C15H15F2N3O3/c1-8-3-12-13(23-7-22-12)4-11(8)18-15(21)10-5-20(6-14(16)17)19-9(10)2/h3-5,14H,6-7H2,1-2H3,(H,18,21). The lowest BCUT2D eigenvalue weighted by molar-refractivity contribution is 0.102. The van der Waals surface area contributed by atoms with E-state index in [1.165, 1.54) is 6.20 Å². The van der Waals surface area contributed by atoms with Gasteiger partial charge in [-0.05, 0) is 25.5 Å². The van der Waals surface area contributed by atoms with Crippen LogP contribution in [0.3, 0.4) is 0 Å². The molecule has 0 saturated carbocycles. The number of ether oxygens (including phenoxy) is 2. The lowest BCUT2D eigenvalue weighted by Crippen LogP contribution is -2.13. The molecule has 1 amide bonds. The minimum absolute atomic E-state index is 0.145. The van der Waals surface area contributed by atoms with Crippen LogP contribution in [-0.2, 0) is 6.54 Å². The summed E-state index contributed by atoms with van der Waals surface area (Å²) < 4.78 is 36.4.